The van der Waals surface area contributed by atoms with Gasteiger partial charge in [0.15, 0.2) is 0 Å². The standard InChI is InChI=1S/C30H18BrNO/c31-20-17-24(30-26(18-20)23-11-5-7-13-29(23)33-30)19-14-15-28-25(16-19)22-10-4-6-12-27(22)32(28)21-8-2-1-3-9-21/h1-18H. The summed E-state index contributed by atoms with van der Waals surface area (Å²) in [5.74, 6) is 0. The van der Waals surface area contributed by atoms with Gasteiger partial charge in [0.05, 0.1) is 11.0 Å². The minimum atomic E-state index is 0.911. The number of halogens is 1. The van der Waals surface area contributed by atoms with Crippen molar-refractivity contribution in [2.75, 3.05) is 0 Å². The molecule has 0 N–H and O–H groups in total. The molecule has 0 radical (unpaired) electrons. The van der Waals surface area contributed by atoms with E-state index in [-0.39, 0.29) is 0 Å². The van der Waals surface area contributed by atoms with Crippen molar-refractivity contribution in [3.05, 3.63) is 114 Å². The summed E-state index contributed by atoms with van der Waals surface area (Å²) in [6.07, 6.45) is 0. The average molecular weight is 488 g/mol. The third-order valence-electron chi connectivity index (χ3n) is 6.44. The Balaban J connectivity index is 1.55. The lowest BCUT2D eigenvalue weighted by molar-refractivity contribution is 0.670. The molecule has 0 saturated heterocycles. The molecule has 3 heteroatoms. The Hall–Kier alpha value is -3.82. The van der Waals surface area contributed by atoms with Crippen LogP contribution >= 0.6 is 15.9 Å². The molecule has 2 aromatic heterocycles. The van der Waals surface area contributed by atoms with E-state index in [0.29, 0.717) is 0 Å². The molecular weight excluding hydrogens is 470 g/mol. The number of nitrogens with zero attached hydrogens (tertiary/aromatic N) is 1. The fourth-order valence-electron chi connectivity index (χ4n) is 5.00. The van der Waals surface area contributed by atoms with Crippen LogP contribution in [0.1, 0.15) is 0 Å². The van der Waals surface area contributed by atoms with Crippen molar-refractivity contribution in [1.82, 2.24) is 4.57 Å². The molecule has 0 spiro atoms. The zero-order chi connectivity index (χ0) is 21.9. The monoisotopic (exact) mass is 487 g/mol. The van der Waals surface area contributed by atoms with Gasteiger partial charge >= 0.3 is 0 Å². The van der Waals surface area contributed by atoms with Crippen LogP contribution in [0.4, 0.5) is 0 Å². The van der Waals surface area contributed by atoms with Gasteiger partial charge in [-0.25, -0.2) is 0 Å². The first kappa shape index (κ1) is 18.7. The summed E-state index contributed by atoms with van der Waals surface area (Å²) >= 11 is 3.73. The number of aromatic nitrogens is 1. The summed E-state index contributed by atoms with van der Waals surface area (Å²) in [6.45, 7) is 0. The fourth-order valence-corrected chi connectivity index (χ4v) is 5.46. The quantitative estimate of drug-likeness (QED) is 0.237. The molecule has 33 heavy (non-hydrogen) atoms. The van der Waals surface area contributed by atoms with Crippen LogP contribution in [0.3, 0.4) is 0 Å². The highest BCUT2D eigenvalue weighted by molar-refractivity contribution is 9.10. The maximum atomic E-state index is 6.34. The molecule has 0 aliphatic rings. The summed E-state index contributed by atoms with van der Waals surface area (Å²) in [7, 11) is 0. The average Bonchev–Trinajstić information content (AvgIpc) is 3.39. The third kappa shape index (κ3) is 2.79. The van der Waals surface area contributed by atoms with Gasteiger partial charge in [-0.2, -0.15) is 0 Å². The highest BCUT2D eigenvalue weighted by Crippen LogP contribution is 2.40. The second-order valence-corrected chi connectivity index (χ2v) is 9.26. The lowest BCUT2D eigenvalue weighted by Gasteiger charge is -2.08. The smallest absolute Gasteiger partial charge is 0.143 e. The van der Waals surface area contributed by atoms with Crippen molar-refractivity contribution in [3.8, 4) is 16.8 Å². The lowest BCUT2D eigenvalue weighted by Crippen LogP contribution is -1.92. The number of para-hydroxylation sites is 3. The number of hydrogen-bond acceptors (Lipinski definition) is 1. The molecular formula is C30H18BrNO. The first-order valence-corrected chi connectivity index (χ1v) is 11.8. The van der Waals surface area contributed by atoms with Crippen LogP contribution in [-0.4, -0.2) is 4.57 Å². The number of hydrogen-bond donors (Lipinski definition) is 0. The van der Waals surface area contributed by atoms with E-state index in [1.807, 2.05) is 12.1 Å². The van der Waals surface area contributed by atoms with E-state index in [1.165, 1.54) is 27.5 Å². The molecule has 0 amide bonds. The minimum Gasteiger partial charge on any atom is -0.455 e. The molecule has 7 rings (SSSR count). The Kier molecular flexibility index (Phi) is 4.02. The summed E-state index contributed by atoms with van der Waals surface area (Å²) in [4.78, 5) is 0. The van der Waals surface area contributed by atoms with Crippen molar-refractivity contribution < 1.29 is 4.42 Å². The number of fused-ring (bicyclic) bond motifs is 6. The Morgan fingerprint density at radius 3 is 2.18 bits per heavy atom. The Morgan fingerprint density at radius 2 is 1.30 bits per heavy atom. The predicted octanol–water partition coefficient (Wildman–Crippen LogP) is 9.11. The van der Waals surface area contributed by atoms with E-state index in [9.17, 15) is 0 Å². The van der Waals surface area contributed by atoms with Gasteiger partial charge in [0, 0.05) is 37.3 Å². The largest absolute Gasteiger partial charge is 0.455 e. The molecule has 0 fully saturated rings. The Morgan fingerprint density at radius 1 is 0.576 bits per heavy atom. The van der Waals surface area contributed by atoms with E-state index in [0.717, 1.165) is 37.5 Å². The molecule has 2 nitrogen and oxygen atoms in total. The van der Waals surface area contributed by atoms with Gasteiger partial charge in [-0.3, -0.25) is 0 Å². The Bertz CT molecular complexity index is 1830. The zero-order valence-corrected chi connectivity index (χ0v) is 19.2. The molecule has 0 aliphatic heterocycles. The van der Waals surface area contributed by atoms with Crippen molar-refractivity contribution in [2.45, 2.75) is 0 Å². The van der Waals surface area contributed by atoms with E-state index in [4.69, 9.17) is 4.42 Å². The molecule has 0 unspecified atom stereocenters. The van der Waals surface area contributed by atoms with Crippen molar-refractivity contribution in [1.29, 1.82) is 0 Å². The van der Waals surface area contributed by atoms with Crippen molar-refractivity contribution >= 4 is 59.7 Å². The summed E-state index contributed by atoms with van der Waals surface area (Å²) in [5.41, 5.74) is 7.64. The molecule has 0 atom stereocenters. The SMILES string of the molecule is Brc1cc(-c2ccc3c(c2)c2ccccc2n3-c2ccccc2)c2oc3ccccc3c2c1. The van der Waals surface area contributed by atoms with Crippen LogP contribution in [0.25, 0.3) is 60.6 Å². The van der Waals surface area contributed by atoms with Gasteiger partial charge in [0.2, 0.25) is 0 Å². The van der Waals surface area contributed by atoms with Crippen LogP contribution in [0.5, 0.6) is 0 Å². The third-order valence-corrected chi connectivity index (χ3v) is 6.90. The van der Waals surface area contributed by atoms with Crippen LogP contribution in [0.2, 0.25) is 0 Å². The summed E-state index contributed by atoms with van der Waals surface area (Å²) in [5, 5.41) is 4.74. The topological polar surface area (TPSA) is 18.1 Å². The van der Waals surface area contributed by atoms with Gasteiger partial charge < -0.3 is 8.98 Å². The van der Waals surface area contributed by atoms with E-state index in [2.05, 4.69) is 118 Å². The van der Waals surface area contributed by atoms with Gasteiger partial charge in [0.25, 0.3) is 0 Å². The number of benzene rings is 5. The van der Waals surface area contributed by atoms with Gasteiger partial charge in [-0.1, -0.05) is 76.6 Å². The van der Waals surface area contributed by atoms with Crippen molar-refractivity contribution in [2.24, 2.45) is 0 Å². The molecule has 0 saturated carbocycles. The van der Waals surface area contributed by atoms with Gasteiger partial charge in [-0.05, 0) is 54.1 Å². The van der Waals surface area contributed by atoms with E-state index < -0.39 is 0 Å². The maximum absolute atomic E-state index is 6.34. The van der Waals surface area contributed by atoms with Crippen LogP contribution in [0, 0.1) is 0 Å². The molecule has 5 aromatic carbocycles. The maximum Gasteiger partial charge on any atom is 0.143 e. The summed E-state index contributed by atoms with van der Waals surface area (Å²) < 4.78 is 9.73. The second-order valence-electron chi connectivity index (χ2n) is 8.35. The molecule has 0 bridgehead atoms. The highest BCUT2D eigenvalue weighted by atomic mass is 79.9. The fraction of sp³-hybridized carbons (Fsp3) is 0. The molecule has 7 aromatic rings. The lowest BCUT2D eigenvalue weighted by atomic mass is 10.0. The van der Waals surface area contributed by atoms with Crippen LogP contribution in [-0.2, 0) is 0 Å². The number of furan rings is 1. The minimum absolute atomic E-state index is 0.911. The van der Waals surface area contributed by atoms with Crippen molar-refractivity contribution in [3.63, 3.8) is 0 Å². The van der Waals surface area contributed by atoms with Crippen LogP contribution < -0.4 is 0 Å². The normalized spacial score (nSPS) is 11.8. The highest BCUT2D eigenvalue weighted by Gasteiger charge is 2.16. The molecule has 156 valence electrons. The van der Waals surface area contributed by atoms with E-state index >= 15 is 0 Å². The predicted molar refractivity (Wildman–Crippen MR) is 141 cm³/mol. The first-order valence-electron chi connectivity index (χ1n) is 11.0. The van der Waals surface area contributed by atoms with E-state index in [1.54, 1.807) is 0 Å². The zero-order valence-electron chi connectivity index (χ0n) is 17.6. The van der Waals surface area contributed by atoms with Gasteiger partial charge in [0.1, 0.15) is 11.2 Å². The Labute approximate surface area is 198 Å². The first-order chi connectivity index (χ1) is 16.3. The van der Waals surface area contributed by atoms with Crippen LogP contribution in [0.15, 0.2) is 118 Å². The second kappa shape index (κ2) is 7.09. The number of rotatable bonds is 2. The molecule has 0 aliphatic carbocycles. The van der Waals surface area contributed by atoms with Gasteiger partial charge in [-0.15, -0.1) is 0 Å². The summed E-state index contributed by atoms with van der Waals surface area (Å²) in [6, 6.07) is 38.4. The molecule has 2 heterocycles.